The molecule has 1 atom stereocenters. The highest BCUT2D eigenvalue weighted by molar-refractivity contribution is 7.89. The molecule has 33 heavy (non-hydrogen) atoms. The lowest BCUT2D eigenvalue weighted by Gasteiger charge is -2.21. The number of nitrogens with one attached hydrogen (secondary N) is 2. The van der Waals surface area contributed by atoms with Crippen molar-refractivity contribution in [1.29, 1.82) is 0 Å². The van der Waals surface area contributed by atoms with E-state index in [1.165, 1.54) is 11.3 Å². The number of fused-ring (bicyclic) bond motifs is 1. The van der Waals surface area contributed by atoms with Gasteiger partial charge < -0.3 is 0 Å². The quantitative estimate of drug-likeness (QED) is 0.402. The molecule has 0 aliphatic rings. The van der Waals surface area contributed by atoms with Gasteiger partial charge >= 0.3 is 0 Å². The molecule has 0 saturated carbocycles. The number of benzene rings is 3. The van der Waals surface area contributed by atoms with Crippen LogP contribution in [0.5, 0.6) is 0 Å². The SMILES string of the molecule is Cc1cccc(-c2nnc(NC(=O)C(NS(=O)(=O)c3cccc4ccccc34)C(C)C)s2)c1. The topological polar surface area (TPSA) is 101 Å². The Hall–Kier alpha value is -3.14. The molecule has 0 radical (unpaired) electrons. The second-order valence-electron chi connectivity index (χ2n) is 8.09. The third kappa shape index (κ3) is 5.11. The van der Waals surface area contributed by atoms with Crippen LogP contribution in [0.15, 0.2) is 71.6 Å². The van der Waals surface area contributed by atoms with E-state index in [1.54, 1.807) is 38.1 Å². The molecule has 9 heteroatoms. The maximum Gasteiger partial charge on any atom is 0.244 e. The predicted molar refractivity (Wildman–Crippen MR) is 132 cm³/mol. The van der Waals surface area contributed by atoms with Gasteiger partial charge in [0.25, 0.3) is 0 Å². The number of aryl methyl sites for hydroxylation is 1. The maximum atomic E-state index is 13.2. The molecule has 1 heterocycles. The van der Waals surface area contributed by atoms with Crippen molar-refractivity contribution in [3.05, 3.63) is 72.3 Å². The van der Waals surface area contributed by atoms with Crippen LogP contribution >= 0.6 is 11.3 Å². The number of sulfonamides is 1. The van der Waals surface area contributed by atoms with Crippen LogP contribution in [-0.2, 0) is 14.8 Å². The first-order valence-corrected chi connectivity index (χ1v) is 12.8. The first-order chi connectivity index (χ1) is 15.7. The molecule has 2 N–H and O–H groups in total. The summed E-state index contributed by atoms with van der Waals surface area (Å²) in [5, 5.41) is 13.3. The summed E-state index contributed by atoms with van der Waals surface area (Å²) < 4.78 is 29.0. The Morgan fingerprint density at radius 3 is 2.45 bits per heavy atom. The van der Waals surface area contributed by atoms with E-state index in [0.717, 1.165) is 16.5 Å². The minimum absolute atomic E-state index is 0.136. The smallest absolute Gasteiger partial charge is 0.244 e. The Morgan fingerprint density at radius 1 is 0.970 bits per heavy atom. The van der Waals surface area contributed by atoms with Crippen molar-refractivity contribution < 1.29 is 13.2 Å². The average Bonchev–Trinajstić information content (AvgIpc) is 3.25. The number of hydrogen-bond acceptors (Lipinski definition) is 6. The highest BCUT2D eigenvalue weighted by Gasteiger charge is 2.30. The van der Waals surface area contributed by atoms with Crippen LogP contribution in [0.2, 0.25) is 0 Å². The van der Waals surface area contributed by atoms with E-state index in [-0.39, 0.29) is 10.8 Å². The summed E-state index contributed by atoms with van der Waals surface area (Å²) in [5.41, 5.74) is 2.00. The van der Waals surface area contributed by atoms with E-state index in [9.17, 15) is 13.2 Å². The molecule has 7 nitrogen and oxygen atoms in total. The normalized spacial score (nSPS) is 12.7. The van der Waals surface area contributed by atoms with Gasteiger partial charge in [-0.2, -0.15) is 4.72 Å². The lowest BCUT2D eigenvalue weighted by molar-refractivity contribution is -0.118. The Labute approximate surface area is 196 Å². The summed E-state index contributed by atoms with van der Waals surface area (Å²) in [5.74, 6) is -0.778. The fourth-order valence-electron chi connectivity index (χ4n) is 3.50. The summed E-state index contributed by atoms with van der Waals surface area (Å²) in [6.45, 7) is 5.56. The van der Waals surface area contributed by atoms with E-state index in [1.807, 2.05) is 49.4 Å². The molecule has 1 aromatic heterocycles. The predicted octanol–water partition coefficient (Wildman–Crippen LogP) is 4.61. The van der Waals surface area contributed by atoms with Gasteiger partial charge in [-0.05, 0) is 30.4 Å². The third-order valence-electron chi connectivity index (χ3n) is 5.19. The summed E-state index contributed by atoms with van der Waals surface area (Å²) >= 11 is 1.24. The molecule has 4 aromatic rings. The highest BCUT2D eigenvalue weighted by Crippen LogP contribution is 2.27. The largest absolute Gasteiger partial charge is 0.299 e. The van der Waals surface area contributed by atoms with Crippen LogP contribution in [-0.4, -0.2) is 30.6 Å². The van der Waals surface area contributed by atoms with E-state index >= 15 is 0 Å². The number of aromatic nitrogens is 2. The number of amides is 1. The minimum Gasteiger partial charge on any atom is -0.299 e. The zero-order valence-electron chi connectivity index (χ0n) is 18.4. The zero-order chi connectivity index (χ0) is 23.6. The van der Waals surface area contributed by atoms with Gasteiger partial charge in [-0.3, -0.25) is 10.1 Å². The lowest BCUT2D eigenvalue weighted by atomic mass is 10.1. The summed E-state index contributed by atoms with van der Waals surface area (Å²) in [6.07, 6.45) is 0. The van der Waals surface area contributed by atoms with E-state index < -0.39 is 22.0 Å². The van der Waals surface area contributed by atoms with Crippen molar-refractivity contribution in [2.24, 2.45) is 5.92 Å². The van der Waals surface area contributed by atoms with Crippen molar-refractivity contribution in [1.82, 2.24) is 14.9 Å². The molecule has 0 saturated heterocycles. The average molecular weight is 481 g/mol. The standard InChI is InChI=1S/C24H24N4O3S2/c1-15(2)21(28-33(30,31)20-13-7-10-17-9-4-5-12-19(17)20)22(29)25-24-27-26-23(32-24)18-11-6-8-16(3)14-18/h4-15,21,28H,1-3H3,(H,25,27,29). The van der Waals surface area contributed by atoms with Gasteiger partial charge in [0.2, 0.25) is 21.1 Å². The number of carbonyl (C=O) groups is 1. The molecule has 1 unspecified atom stereocenters. The molecule has 170 valence electrons. The van der Waals surface area contributed by atoms with Crippen molar-refractivity contribution in [3.8, 4) is 10.6 Å². The second kappa shape index (κ2) is 9.38. The van der Waals surface area contributed by atoms with Crippen molar-refractivity contribution in [2.75, 3.05) is 5.32 Å². The molecule has 0 bridgehead atoms. The Kier molecular flexibility index (Phi) is 6.55. The highest BCUT2D eigenvalue weighted by atomic mass is 32.2. The first kappa shape index (κ1) is 23.0. The number of nitrogens with zero attached hydrogens (tertiary/aromatic N) is 2. The first-order valence-electron chi connectivity index (χ1n) is 10.5. The lowest BCUT2D eigenvalue weighted by Crippen LogP contribution is -2.47. The monoisotopic (exact) mass is 480 g/mol. The molecule has 0 fully saturated rings. The van der Waals surface area contributed by atoms with E-state index in [4.69, 9.17) is 0 Å². The summed E-state index contributed by atoms with van der Waals surface area (Å²) in [6, 6.07) is 19.2. The number of carbonyl (C=O) groups excluding carboxylic acids is 1. The van der Waals surface area contributed by atoms with Crippen LogP contribution in [0.4, 0.5) is 5.13 Å². The van der Waals surface area contributed by atoms with Gasteiger partial charge in [-0.1, -0.05) is 85.3 Å². The van der Waals surface area contributed by atoms with Gasteiger partial charge in [0.1, 0.15) is 11.0 Å². The third-order valence-corrected chi connectivity index (χ3v) is 7.58. The van der Waals surface area contributed by atoms with Crippen molar-refractivity contribution in [3.63, 3.8) is 0 Å². The number of rotatable bonds is 7. The van der Waals surface area contributed by atoms with Crippen LogP contribution in [0.25, 0.3) is 21.3 Å². The van der Waals surface area contributed by atoms with Gasteiger partial charge in [0, 0.05) is 10.9 Å². The van der Waals surface area contributed by atoms with E-state index in [0.29, 0.717) is 15.5 Å². The van der Waals surface area contributed by atoms with Crippen molar-refractivity contribution >= 4 is 43.2 Å². The van der Waals surface area contributed by atoms with Crippen molar-refractivity contribution in [2.45, 2.75) is 31.7 Å². The summed E-state index contributed by atoms with van der Waals surface area (Å²) in [7, 11) is -3.95. The fourth-order valence-corrected chi connectivity index (χ4v) is 5.82. The second-order valence-corrected chi connectivity index (χ2v) is 10.8. The number of hydrogen-bond donors (Lipinski definition) is 2. The summed E-state index contributed by atoms with van der Waals surface area (Å²) in [4.78, 5) is 13.2. The number of anilines is 1. The molecule has 0 aliphatic carbocycles. The Balaban J connectivity index is 1.56. The van der Waals surface area contributed by atoms with Gasteiger partial charge in [0.15, 0.2) is 0 Å². The molecule has 0 spiro atoms. The molecular weight excluding hydrogens is 456 g/mol. The van der Waals surface area contributed by atoms with Gasteiger partial charge in [0.05, 0.1) is 4.90 Å². The molecule has 1 amide bonds. The molecular formula is C24H24N4O3S2. The van der Waals surface area contributed by atoms with Gasteiger partial charge in [-0.25, -0.2) is 8.42 Å². The Bertz CT molecular complexity index is 1410. The van der Waals surface area contributed by atoms with Crippen LogP contribution in [0.3, 0.4) is 0 Å². The molecule has 0 aliphatic heterocycles. The maximum absolute atomic E-state index is 13.2. The van der Waals surface area contributed by atoms with Gasteiger partial charge in [-0.15, -0.1) is 10.2 Å². The Morgan fingerprint density at radius 2 is 1.70 bits per heavy atom. The van der Waals surface area contributed by atoms with E-state index in [2.05, 4.69) is 20.2 Å². The zero-order valence-corrected chi connectivity index (χ0v) is 20.1. The molecule has 3 aromatic carbocycles. The van der Waals surface area contributed by atoms with Crippen LogP contribution in [0, 0.1) is 12.8 Å². The van der Waals surface area contributed by atoms with Crippen LogP contribution in [0.1, 0.15) is 19.4 Å². The minimum atomic E-state index is -3.95. The molecule has 4 rings (SSSR count). The van der Waals surface area contributed by atoms with Crippen LogP contribution < -0.4 is 10.0 Å². The fraction of sp³-hybridized carbons (Fsp3) is 0.208.